The van der Waals surface area contributed by atoms with Crippen LogP contribution < -0.4 is 15.4 Å². The van der Waals surface area contributed by atoms with Gasteiger partial charge in [-0.05, 0) is 68.9 Å². The van der Waals surface area contributed by atoms with Gasteiger partial charge in [-0.15, -0.1) is 0 Å². The van der Waals surface area contributed by atoms with Crippen molar-refractivity contribution in [3.8, 4) is 5.75 Å². The molecule has 138 valence electrons. The number of esters is 1. The van der Waals surface area contributed by atoms with Crippen LogP contribution in [-0.2, 0) is 4.74 Å². The number of hydrogen-bond acceptors (Lipinski definition) is 4. The second-order valence-electron chi connectivity index (χ2n) is 5.79. The van der Waals surface area contributed by atoms with Crippen LogP contribution in [0.4, 0.5) is 5.69 Å². The number of hydrogen-bond donors (Lipinski definition) is 2. The molecule has 0 aliphatic carbocycles. The summed E-state index contributed by atoms with van der Waals surface area (Å²) in [6.07, 6.45) is 0. The van der Waals surface area contributed by atoms with E-state index in [1.165, 1.54) is 5.56 Å². The Kier molecular flexibility index (Phi) is 7.41. The molecule has 0 aromatic heterocycles. The molecule has 0 aliphatic rings. The maximum absolute atomic E-state index is 11.7. The molecule has 5 nitrogen and oxygen atoms in total. The average Bonchev–Trinajstić information content (AvgIpc) is 2.62. The lowest BCUT2D eigenvalue weighted by Gasteiger charge is -2.14. The van der Waals surface area contributed by atoms with E-state index in [0.29, 0.717) is 30.4 Å². The highest BCUT2D eigenvalue weighted by Crippen LogP contribution is 2.17. The summed E-state index contributed by atoms with van der Waals surface area (Å²) in [4.78, 5) is 11.7. The summed E-state index contributed by atoms with van der Waals surface area (Å²) in [5.41, 5.74) is 3.48. The Morgan fingerprint density at radius 2 is 1.85 bits per heavy atom. The second kappa shape index (κ2) is 9.77. The Labute approximate surface area is 159 Å². The fourth-order valence-electron chi connectivity index (χ4n) is 2.28. The van der Waals surface area contributed by atoms with Crippen LogP contribution in [-0.4, -0.2) is 30.8 Å². The van der Waals surface area contributed by atoms with Crippen molar-refractivity contribution in [1.29, 1.82) is 0 Å². The van der Waals surface area contributed by atoms with E-state index in [9.17, 15) is 4.79 Å². The van der Waals surface area contributed by atoms with Gasteiger partial charge in [0.1, 0.15) is 12.4 Å². The molecule has 0 radical (unpaired) electrons. The number of aryl methyl sites for hydroxylation is 2. The first kappa shape index (κ1) is 19.7. The van der Waals surface area contributed by atoms with Crippen molar-refractivity contribution in [2.75, 3.05) is 25.1 Å². The van der Waals surface area contributed by atoms with Gasteiger partial charge < -0.3 is 20.1 Å². The summed E-state index contributed by atoms with van der Waals surface area (Å²) >= 11 is 5.30. The number of anilines is 1. The lowest BCUT2D eigenvalue weighted by Crippen LogP contribution is -2.32. The van der Waals surface area contributed by atoms with Gasteiger partial charge in [-0.3, -0.25) is 0 Å². The van der Waals surface area contributed by atoms with Crippen molar-refractivity contribution >= 4 is 29.0 Å². The molecule has 26 heavy (non-hydrogen) atoms. The molecule has 2 N–H and O–H groups in total. The molecular weight excluding hydrogens is 348 g/mol. The second-order valence-corrected chi connectivity index (χ2v) is 6.20. The van der Waals surface area contributed by atoms with Crippen molar-refractivity contribution in [2.45, 2.75) is 20.8 Å². The van der Waals surface area contributed by atoms with Gasteiger partial charge in [0.15, 0.2) is 5.11 Å². The summed E-state index contributed by atoms with van der Waals surface area (Å²) in [6.45, 7) is 7.18. The minimum Gasteiger partial charge on any atom is -0.492 e. The molecule has 0 atom stereocenters. The van der Waals surface area contributed by atoms with E-state index in [1.54, 1.807) is 19.1 Å². The third-order valence-electron chi connectivity index (χ3n) is 3.66. The number of nitrogens with one attached hydrogen (secondary N) is 2. The zero-order valence-corrected chi connectivity index (χ0v) is 16.1. The van der Waals surface area contributed by atoms with Crippen molar-refractivity contribution in [1.82, 2.24) is 5.32 Å². The Morgan fingerprint density at radius 1 is 1.12 bits per heavy atom. The lowest BCUT2D eigenvalue weighted by molar-refractivity contribution is 0.0526. The van der Waals surface area contributed by atoms with Crippen molar-refractivity contribution < 1.29 is 14.3 Å². The predicted octanol–water partition coefficient (Wildman–Crippen LogP) is 3.85. The third-order valence-corrected chi connectivity index (χ3v) is 3.91. The number of benzene rings is 2. The molecular formula is C20H24N2O3S. The highest BCUT2D eigenvalue weighted by molar-refractivity contribution is 7.80. The summed E-state index contributed by atoms with van der Waals surface area (Å²) in [5.74, 6) is 0.512. The number of carbonyl (C=O) groups excluding carboxylic acids is 1. The van der Waals surface area contributed by atoms with Gasteiger partial charge in [0.2, 0.25) is 0 Å². The zero-order chi connectivity index (χ0) is 18.9. The van der Waals surface area contributed by atoms with Gasteiger partial charge in [-0.2, -0.15) is 0 Å². The normalized spacial score (nSPS) is 10.1. The Morgan fingerprint density at radius 3 is 2.50 bits per heavy atom. The zero-order valence-electron chi connectivity index (χ0n) is 15.3. The van der Waals surface area contributed by atoms with E-state index in [0.717, 1.165) is 17.0 Å². The molecule has 0 spiro atoms. The molecule has 0 heterocycles. The molecule has 2 rings (SSSR count). The van der Waals surface area contributed by atoms with E-state index in [1.807, 2.05) is 44.2 Å². The number of rotatable bonds is 7. The quantitative estimate of drug-likeness (QED) is 0.437. The van der Waals surface area contributed by atoms with Gasteiger partial charge in [0.05, 0.1) is 18.7 Å². The number of ether oxygens (including phenoxy) is 2. The SMILES string of the molecule is CCOC(=O)c1ccc(NC(=S)NCCOc2ccc(C)cc2)c(C)c1. The van der Waals surface area contributed by atoms with Crippen LogP contribution in [0.5, 0.6) is 5.75 Å². The molecule has 0 saturated carbocycles. The maximum Gasteiger partial charge on any atom is 0.338 e. The van der Waals surface area contributed by atoms with Crippen LogP contribution in [0.2, 0.25) is 0 Å². The molecule has 2 aromatic rings. The minimum atomic E-state index is -0.323. The summed E-state index contributed by atoms with van der Waals surface area (Å²) < 4.78 is 10.7. The van der Waals surface area contributed by atoms with Crippen LogP contribution in [0.25, 0.3) is 0 Å². The first-order valence-corrected chi connectivity index (χ1v) is 8.92. The molecule has 0 aliphatic heterocycles. The molecule has 0 fully saturated rings. The van der Waals surface area contributed by atoms with E-state index >= 15 is 0 Å². The minimum absolute atomic E-state index is 0.323. The van der Waals surface area contributed by atoms with Crippen LogP contribution >= 0.6 is 12.2 Å². The maximum atomic E-state index is 11.7. The first-order chi connectivity index (χ1) is 12.5. The highest BCUT2D eigenvalue weighted by atomic mass is 32.1. The molecule has 0 amide bonds. The average molecular weight is 372 g/mol. The Bertz CT molecular complexity index is 760. The van der Waals surface area contributed by atoms with Crippen molar-refractivity contribution in [2.24, 2.45) is 0 Å². The van der Waals surface area contributed by atoms with Gasteiger partial charge in [-0.1, -0.05) is 17.7 Å². The van der Waals surface area contributed by atoms with Gasteiger partial charge >= 0.3 is 5.97 Å². The first-order valence-electron chi connectivity index (χ1n) is 8.51. The molecule has 6 heteroatoms. The van der Waals surface area contributed by atoms with E-state index < -0.39 is 0 Å². The van der Waals surface area contributed by atoms with E-state index in [-0.39, 0.29) is 5.97 Å². The van der Waals surface area contributed by atoms with Gasteiger partial charge in [0, 0.05) is 5.69 Å². The van der Waals surface area contributed by atoms with Gasteiger partial charge in [0.25, 0.3) is 0 Å². The highest BCUT2D eigenvalue weighted by Gasteiger charge is 2.09. The number of carbonyl (C=O) groups is 1. The Hall–Kier alpha value is -2.60. The monoisotopic (exact) mass is 372 g/mol. The van der Waals surface area contributed by atoms with Crippen molar-refractivity contribution in [3.05, 3.63) is 59.2 Å². The van der Waals surface area contributed by atoms with E-state index in [4.69, 9.17) is 21.7 Å². The molecule has 0 unspecified atom stereocenters. The van der Waals surface area contributed by atoms with Crippen LogP contribution in [0, 0.1) is 13.8 Å². The largest absolute Gasteiger partial charge is 0.492 e. The van der Waals surface area contributed by atoms with Crippen LogP contribution in [0.1, 0.15) is 28.4 Å². The molecule has 2 aromatic carbocycles. The standard InChI is InChI=1S/C20H24N2O3S/c1-4-24-19(23)16-7-10-18(15(3)13-16)22-20(26)21-11-12-25-17-8-5-14(2)6-9-17/h5-10,13H,4,11-12H2,1-3H3,(H2,21,22,26). The molecule has 0 saturated heterocycles. The molecule has 0 bridgehead atoms. The number of thiocarbonyl (C=S) groups is 1. The van der Waals surface area contributed by atoms with Gasteiger partial charge in [-0.25, -0.2) is 4.79 Å². The van der Waals surface area contributed by atoms with Crippen molar-refractivity contribution in [3.63, 3.8) is 0 Å². The summed E-state index contributed by atoms with van der Waals surface area (Å²) in [7, 11) is 0. The predicted molar refractivity (Wildman–Crippen MR) is 108 cm³/mol. The summed E-state index contributed by atoms with van der Waals surface area (Å²) in [6, 6.07) is 13.2. The fourth-order valence-corrected chi connectivity index (χ4v) is 2.49. The summed E-state index contributed by atoms with van der Waals surface area (Å²) in [5, 5.41) is 6.73. The lowest BCUT2D eigenvalue weighted by atomic mass is 10.1. The van der Waals surface area contributed by atoms with Crippen LogP contribution in [0.15, 0.2) is 42.5 Å². The fraction of sp³-hybridized carbons (Fsp3) is 0.300. The Balaban J connectivity index is 1.78. The van der Waals surface area contributed by atoms with Crippen LogP contribution in [0.3, 0.4) is 0 Å². The smallest absolute Gasteiger partial charge is 0.338 e. The van der Waals surface area contributed by atoms with E-state index in [2.05, 4.69) is 10.6 Å². The third kappa shape index (κ3) is 6.04. The topological polar surface area (TPSA) is 59.6 Å².